The van der Waals surface area contributed by atoms with Crippen molar-refractivity contribution >= 4 is 12.1 Å². The smallest absolute Gasteiger partial charge is 0.410 e. The Morgan fingerprint density at radius 3 is 2.71 bits per heavy atom. The third-order valence-corrected chi connectivity index (χ3v) is 3.13. The van der Waals surface area contributed by atoms with Crippen LogP contribution in [0.1, 0.15) is 16.8 Å². The van der Waals surface area contributed by atoms with Crippen LogP contribution in [0, 0.1) is 0 Å². The second-order valence-electron chi connectivity index (χ2n) is 4.67. The van der Waals surface area contributed by atoms with Gasteiger partial charge in [-0.1, -0.05) is 12.7 Å². The summed E-state index contributed by atoms with van der Waals surface area (Å²) in [6.07, 6.45) is 1.75. The predicted octanol–water partition coefficient (Wildman–Crippen LogP) is 2.16. The number of likely N-dealkylation sites (tertiary alicyclic amines) is 1. The lowest BCUT2D eigenvalue weighted by Crippen LogP contribution is -2.31. The third kappa shape index (κ3) is 3.98. The first-order chi connectivity index (χ1) is 10.1. The molecule has 1 amide bonds. The van der Waals surface area contributed by atoms with Crippen molar-refractivity contribution in [2.24, 2.45) is 0 Å². The molecule has 0 saturated carbocycles. The average Bonchev–Trinajstić information content (AvgIpc) is 2.94. The fourth-order valence-electron chi connectivity index (χ4n) is 2.08. The molecule has 1 atom stereocenters. The molecule has 1 N–H and O–H groups in total. The first-order valence-electron chi connectivity index (χ1n) is 6.62. The number of rotatable bonds is 5. The highest BCUT2D eigenvalue weighted by atomic mass is 16.6. The molecule has 1 unspecified atom stereocenters. The van der Waals surface area contributed by atoms with E-state index in [0.29, 0.717) is 25.3 Å². The number of amides is 1. The Morgan fingerprint density at radius 2 is 2.10 bits per heavy atom. The van der Waals surface area contributed by atoms with Gasteiger partial charge in [-0.15, -0.1) is 0 Å². The van der Waals surface area contributed by atoms with E-state index in [2.05, 4.69) is 6.58 Å². The molecule has 1 heterocycles. The molecule has 1 aliphatic heterocycles. The molecular formula is C15H17NO5. The van der Waals surface area contributed by atoms with Crippen molar-refractivity contribution in [2.75, 3.05) is 19.7 Å². The van der Waals surface area contributed by atoms with Gasteiger partial charge in [0, 0.05) is 13.0 Å². The van der Waals surface area contributed by atoms with E-state index in [0.717, 1.165) is 0 Å². The van der Waals surface area contributed by atoms with Crippen LogP contribution in [0.25, 0.3) is 0 Å². The summed E-state index contributed by atoms with van der Waals surface area (Å²) in [4.78, 5) is 24.0. The predicted molar refractivity (Wildman–Crippen MR) is 75.6 cm³/mol. The molecule has 1 fully saturated rings. The number of carboxylic acids is 1. The maximum Gasteiger partial charge on any atom is 0.410 e. The van der Waals surface area contributed by atoms with E-state index in [4.69, 9.17) is 14.6 Å². The number of aromatic carboxylic acids is 1. The number of nitrogens with zero attached hydrogens (tertiary/aromatic N) is 1. The number of ether oxygens (including phenoxy) is 2. The topological polar surface area (TPSA) is 76.1 Å². The van der Waals surface area contributed by atoms with Crippen LogP contribution in [-0.4, -0.2) is 47.9 Å². The lowest BCUT2D eigenvalue weighted by Gasteiger charge is -2.16. The normalized spacial score (nSPS) is 17.3. The highest BCUT2D eigenvalue weighted by Gasteiger charge is 2.28. The van der Waals surface area contributed by atoms with E-state index in [9.17, 15) is 9.59 Å². The van der Waals surface area contributed by atoms with E-state index in [1.807, 2.05) is 0 Å². The molecule has 112 valence electrons. The molecule has 0 bridgehead atoms. The fourth-order valence-corrected chi connectivity index (χ4v) is 2.08. The van der Waals surface area contributed by atoms with Crippen LogP contribution in [0.15, 0.2) is 36.9 Å². The summed E-state index contributed by atoms with van der Waals surface area (Å²) < 4.78 is 10.7. The van der Waals surface area contributed by atoms with Gasteiger partial charge >= 0.3 is 12.1 Å². The quantitative estimate of drug-likeness (QED) is 0.841. The summed E-state index contributed by atoms with van der Waals surface area (Å²) in [5.74, 6) is -0.384. The van der Waals surface area contributed by atoms with E-state index in [1.54, 1.807) is 17.0 Å². The van der Waals surface area contributed by atoms with Gasteiger partial charge in [0.05, 0.1) is 12.1 Å². The second-order valence-corrected chi connectivity index (χ2v) is 4.67. The Morgan fingerprint density at radius 1 is 1.38 bits per heavy atom. The van der Waals surface area contributed by atoms with Crippen LogP contribution in [0.3, 0.4) is 0 Å². The molecular weight excluding hydrogens is 274 g/mol. The van der Waals surface area contributed by atoms with Gasteiger partial charge in [-0.3, -0.25) is 0 Å². The fraction of sp³-hybridized carbons (Fsp3) is 0.333. The van der Waals surface area contributed by atoms with Gasteiger partial charge in [-0.25, -0.2) is 9.59 Å². The van der Waals surface area contributed by atoms with Crippen molar-refractivity contribution < 1.29 is 24.2 Å². The summed E-state index contributed by atoms with van der Waals surface area (Å²) in [5, 5.41) is 8.82. The lowest BCUT2D eigenvalue weighted by molar-refractivity contribution is 0.0696. The molecule has 6 heteroatoms. The van der Waals surface area contributed by atoms with Crippen molar-refractivity contribution in [3.05, 3.63) is 42.5 Å². The van der Waals surface area contributed by atoms with Gasteiger partial charge in [0.1, 0.15) is 18.5 Å². The zero-order valence-electron chi connectivity index (χ0n) is 11.5. The van der Waals surface area contributed by atoms with Gasteiger partial charge in [-0.05, 0) is 24.3 Å². The number of hydrogen-bond acceptors (Lipinski definition) is 4. The Hall–Kier alpha value is -2.50. The van der Waals surface area contributed by atoms with Gasteiger partial charge in [-0.2, -0.15) is 0 Å². The number of carboxylic acid groups (broad SMARTS) is 1. The monoisotopic (exact) mass is 291 g/mol. The maximum absolute atomic E-state index is 11.7. The van der Waals surface area contributed by atoms with Gasteiger partial charge in [0.25, 0.3) is 0 Å². The largest absolute Gasteiger partial charge is 0.489 e. The number of hydrogen-bond donors (Lipinski definition) is 1. The van der Waals surface area contributed by atoms with Gasteiger partial charge < -0.3 is 19.5 Å². The van der Waals surface area contributed by atoms with Crippen molar-refractivity contribution in [3.63, 3.8) is 0 Å². The van der Waals surface area contributed by atoms with Crippen LogP contribution < -0.4 is 4.74 Å². The molecule has 1 aliphatic rings. The number of benzene rings is 1. The van der Waals surface area contributed by atoms with Crippen molar-refractivity contribution in [3.8, 4) is 5.75 Å². The van der Waals surface area contributed by atoms with Crippen LogP contribution in [0.4, 0.5) is 4.79 Å². The highest BCUT2D eigenvalue weighted by Crippen LogP contribution is 2.19. The third-order valence-electron chi connectivity index (χ3n) is 3.13. The van der Waals surface area contributed by atoms with Crippen molar-refractivity contribution in [2.45, 2.75) is 12.5 Å². The molecule has 21 heavy (non-hydrogen) atoms. The summed E-state index contributed by atoms with van der Waals surface area (Å²) in [7, 11) is 0. The molecule has 2 rings (SSSR count). The average molecular weight is 291 g/mol. The Labute approximate surface area is 122 Å². The van der Waals surface area contributed by atoms with Crippen molar-refractivity contribution in [1.82, 2.24) is 4.90 Å². The molecule has 0 aliphatic carbocycles. The van der Waals surface area contributed by atoms with E-state index in [-0.39, 0.29) is 24.4 Å². The summed E-state index contributed by atoms with van der Waals surface area (Å²) in [6.45, 7) is 4.71. The number of carbonyl (C=O) groups is 2. The Kier molecular flexibility index (Phi) is 4.81. The first kappa shape index (κ1) is 14.9. The zero-order chi connectivity index (χ0) is 15.2. The summed E-state index contributed by atoms with van der Waals surface area (Å²) in [6, 6.07) is 6.20. The van der Waals surface area contributed by atoms with Gasteiger partial charge in [0.2, 0.25) is 0 Å². The van der Waals surface area contributed by atoms with Crippen LogP contribution in [0.5, 0.6) is 5.75 Å². The minimum absolute atomic E-state index is 0.114. The SMILES string of the molecule is C=CCOC(=O)N1CCC(Oc2ccc(C(=O)O)cc2)C1. The maximum atomic E-state index is 11.7. The standard InChI is InChI=1S/C15H17NO5/c1-2-9-20-15(19)16-8-7-13(10-16)21-12-5-3-11(4-6-12)14(17)18/h2-6,13H,1,7-10H2,(H,17,18). The zero-order valence-corrected chi connectivity index (χ0v) is 11.5. The molecule has 6 nitrogen and oxygen atoms in total. The van der Waals surface area contributed by atoms with E-state index in [1.165, 1.54) is 18.2 Å². The minimum atomic E-state index is -0.974. The first-order valence-corrected chi connectivity index (χ1v) is 6.62. The molecule has 0 spiro atoms. The van der Waals surface area contributed by atoms with E-state index < -0.39 is 5.97 Å². The molecule has 1 saturated heterocycles. The van der Waals surface area contributed by atoms with Crippen LogP contribution in [-0.2, 0) is 4.74 Å². The molecule has 0 radical (unpaired) electrons. The summed E-state index contributed by atoms with van der Waals surface area (Å²) in [5.41, 5.74) is 0.211. The second kappa shape index (κ2) is 6.78. The minimum Gasteiger partial charge on any atom is -0.489 e. The Balaban J connectivity index is 1.86. The highest BCUT2D eigenvalue weighted by molar-refractivity contribution is 5.87. The van der Waals surface area contributed by atoms with Crippen LogP contribution in [0.2, 0.25) is 0 Å². The van der Waals surface area contributed by atoms with Crippen LogP contribution >= 0.6 is 0 Å². The molecule has 0 aromatic heterocycles. The Bertz CT molecular complexity index is 525. The molecule has 1 aromatic carbocycles. The van der Waals surface area contributed by atoms with Gasteiger partial charge in [0.15, 0.2) is 0 Å². The lowest BCUT2D eigenvalue weighted by atomic mass is 10.2. The molecule has 1 aromatic rings. The van der Waals surface area contributed by atoms with Crippen molar-refractivity contribution in [1.29, 1.82) is 0 Å². The number of carbonyl (C=O) groups excluding carboxylic acids is 1. The summed E-state index contributed by atoms with van der Waals surface area (Å²) >= 11 is 0. The van der Waals surface area contributed by atoms with E-state index >= 15 is 0 Å².